The first-order valence-electron chi connectivity index (χ1n) is 16.9. The van der Waals surface area contributed by atoms with Gasteiger partial charge in [-0.15, -0.1) is 0 Å². The number of rotatable bonds is 7. The molecule has 2 unspecified atom stereocenters. The normalized spacial score (nSPS) is 37.5. The van der Waals surface area contributed by atoms with Gasteiger partial charge in [0.25, 0.3) is 5.60 Å². The summed E-state index contributed by atoms with van der Waals surface area (Å²) >= 11 is 0. The number of esters is 3. The minimum Gasteiger partial charge on any atom is -0.472 e. The zero-order chi connectivity index (χ0) is 37.5. The summed E-state index contributed by atoms with van der Waals surface area (Å²) in [6, 6.07) is 7.86. The topological polar surface area (TPSA) is 159 Å². The average Bonchev–Trinajstić information content (AvgIpc) is 3.60. The van der Waals surface area contributed by atoms with E-state index in [1.165, 1.54) is 51.5 Å². The van der Waals surface area contributed by atoms with E-state index in [9.17, 15) is 29.4 Å². The Bertz CT molecular complexity index is 1690. The van der Waals surface area contributed by atoms with Gasteiger partial charge in [0.15, 0.2) is 6.10 Å². The van der Waals surface area contributed by atoms with E-state index in [1.807, 2.05) is 6.92 Å². The molecule has 51 heavy (non-hydrogen) atoms. The number of ketones is 1. The maximum absolute atomic E-state index is 15.1. The fourth-order valence-electron chi connectivity index (χ4n) is 10.8. The molecule has 2 N–H and O–H groups in total. The van der Waals surface area contributed by atoms with Gasteiger partial charge in [0.05, 0.1) is 37.6 Å². The summed E-state index contributed by atoms with van der Waals surface area (Å²) in [5.74, 6) is -8.94. The number of hydrogen-bond donors (Lipinski definition) is 2. The predicted octanol–water partition coefficient (Wildman–Crippen LogP) is 4.83. The van der Waals surface area contributed by atoms with Gasteiger partial charge < -0.3 is 33.6 Å². The molecule has 1 saturated heterocycles. The molecule has 6 rings (SSSR count). The molecule has 1 aromatic carbocycles. The SMILES string of the molecule is COC(=O)[C@@H](O)[C@H]1C(C)(C)C(=O)[C@@H]2C[C@]3(O)[C@@H]4CC(=O)O[C@@H](c5ccoc5)[C@]4(C)CC[C@@H]3[C@@]1(C)C2OC(=O)C(OC)(c1ccccc1)C(F)(F)F. The second-order valence-corrected chi connectivity index (χ2v) is 15.6. The summed E-state index contributed by atoms with van der Waals surface area (Å²) in [5, 5.41) is 24.7. The van der Waals surface area contributed by atoms with Crippen molar-refractivity contribution in [3.63, 3.8) is 0 Å². The lowest BCUT2D eigenvalue weighted by atomic mass is 9.35. The van der Waals surface area contributed by atoms with Gasteiger partial charge >= 0.3 is 24.1 Å². The first-order valence-corrected chi connectivity index (χ1v) is 16.9. The van der Waals surface area contributed by atoms with Crippen LogP contribution in [0, 0.1) is 39.9 Å². The lowest BCUT2D eigenvalue weighted by Gasteiger charge is -2.70. The Labute approximate surface area is 292 Å². The quantitative estimate of drug-likeness (QED) is 0.298. The van der Waals surface area contributed by atoms with Crippen LogP contribution in [0.2, 0.25) is 0 Å². The van der Waals surface area contributed by atoms with Crippen molar-refractivity contribution in [1.29, 1.82) is 0 Å². The highest BCUT2D eigenvalue weighted by Gasteiger charge is 2.78. The first-order chi connectivity index (χ1) is 23.8. The van der Waals surface area contributed by atoms with E-state index in [0.717, 1.165) is 26.4 Å². The largest absolute Gasteiger partial charge is 0.472 e. The van der Waals surface area contributed by atoms with Crippen LogP contribution in [0.3, 0.4) is 0 Å². The van der Waals surface area contributed by atoms with Gasteiger partial charge in [-0.2, -0.15) is 13.2 Å². The highest BCUT2D eigenvalue weighted by Crippen LogP contribution is 2.72. The van der Waals surface area contributed by atoms with Gasteiger partial charge in [-0.05, 0) is 31.2 Å². The molecule has 278 valence electrons. The number of halogens is 3. The summed E-state index contributed by atoms with van der Waals surface area (Å²) in [5.41, 5.74) is -9.66. The Morgan fingerprint density at radius 1 is 1.02 bits per heavy atom. The van der Waals surface area contributed by atoms with Gasteiger partial charge in [0.1, 0.15) is 18.0 Å². The number of carbonyl (C=O) groups is 4. The van der Waals surface area contributed by atoms with Crippen LogP contribution in [0.5, 0.6) is 0 Å². The molecule has 4 fully saturated rings. The number of ether oxygens (including phenoxy) is 4. The molecule has 2 heterocycles. The molecule has 0 spiro atoms. The van der Waals surface area contributed by atoms with Crippen LogP contribution in [-0.2, 0) is 43.7 Å². The van der Waals surface area contributed by atoms with E-state index in [4.69, 9.17) is 23.4 Å². The van der Waals surface area contributed by atoms with E-state index < -0.39 is 105 Å². The lowest BCUT2D eigenvalue weighted by molar-refractivity contribution is -0.314. The maximum atomic E-state index is 15.1. The van der Waals surface area contributed by atoms with E-state index in [2.05, 4.69) is 0 Å². The van der Waals surface area contributed by atoms with Gasteiger partial charge in [0.2, 0.25) is 0 Å². The van der Waals surface area contributed by atoms with Crippen molar-refractivity contribution in [3.8, 4) is 0 Å². The Balaban J connectivity index is 1.54. The van der Waals surface area contributed by atoms with E-state index in [0.29, 0.717) is 12.0 Å². The van der Waals surface area contributed by atoms with Gasteiger partial charge in [-0.1, -0.05) is 58.0 Å². The molecule has 14 heteroatoms. The number of alkyl halides is 3. The fraction of sp³-hybridized carbons (Fsp3) is 0.622. The van der Waals surface area contributed by atoms with Gasteiger partial charge in [0, 0.05) is 46.3 Å². The second kappa shape index (κ2) is 12.2. The Hall–Kier alpha value is -3.75. The van der Waals surface area contributed by atoms with Crippen molar-refractivity contribution in [2.45, 2.75) is 89.1 Å². The summed E-state index contributed by atoms with van der Waals surface area (Å²) in [4.78, 5) is 55.2. The number of aliphatic hydroxyl groups is 2. The summed E-state index contributed by atoms with van der Waals surface area (Å²) in [7, 11) is 1.76. The number of fused-ring (bicyclic) bond motifs is 6. The third-order valence-electron chi connectivity index (χ3n) is 12.9. The summed E-state index contributed by atoms with van der Waals surface area (Å²) < 4.78 is 72.1. The third-order valence-corrected chi connectivity index (χ3v) is 12.9. The number of carbonyl (C=O) groups excluding carboxylic acids is 4. The van der Waals surface area contributed by atoms with E-state index in [-0.39, 0.29) is 19.3 Å². The highest BCUT2D eigenvalue weighted by molar-refractivity contribution is 5.91. The first kappa shape index (κ1) is 37.0. The minimum atomic E-state index is -5.34. The van der Waals surface area contributed by atoms with Crippen molar-refractivity contribution in [2.24, 2.45) is 39.9 Å². The molecule has 11 nitrogen and oxygen atoms in total. The monoisotopic (exact) mass is 720 g/mol. The molecule has 1 aromatic heterocycles. The van der Waals surface area contributed by atoms with Crippen LogP contribution in [0.1, 0.15) is 70.6 Å². The molecule has 0 radical (unpaired) electrons. The van der Waals surface area contributed by atoms with Crippen LogP contribution >= 0.6 is 0 Å². The number of methoxy groups -OCH3 is 2. The summed E-state index contributed by atoms with van der Waals surface area (Å²) in [6.07, 6.45) is -7.18. The number of aliphatic hydroxyl groups excluding tert-OH is 1. The van der Waals surface area contributed by atoms with E-state index in [1.54, 1.807) is 6.07 Å². The Kier molecular flexibility index (Phi) is 8.83. The molecule has 0 amide bonds. The van der Waals surface area contributed by atoms with E-state index >= 15 is 13.2 Å². The molecule has 3 saturated carbocycles. The van der Waals surface area contributed by atoms with Gasteiger partial charge in [-0.3, -0.25) is 9.59 Å². The zero-order valence-electron chi connectivity index (χ0n) is 29.2. The molecule has 3 aliphatic carbocycles. The summed E-state index contributed by atoms with van der Waals surface area (Å²) in [6.45, 7) is 6.42. The van der Waals surface area contributed by atoms with Gasteiger partial charge in [-0.25, -0.2) is 9.59 Å². The fourth-order valence-corrected chi connectivity index (χ4v) is 10.8. The second-order valence-electron chi connectivity index (χ2n) is 15.6. The third kappa shape index (κ3) is 5.02. The number of hydrogen-bond acceptors (Lipinski definition) is 11. The van der Waals surface area contributed by atoms with Crippen molar-refractivity contribution in [2.75, 3.05) is 14.2 Å². The van der Waals surface area contributed by atoms with Crippen molar-refractivity contribution in [1.82, 2.24) is 0 Å². The number of Topliss-reactive ketones (excluding diaryl/α,β-unsaturated/α-hetero) is 1. The highest BCUT2D eigenvalue weighted by atomic mass is 19.4. The van der Waals surface area contributed by atoms with Crippen molar-refractivity contribution >= 4 is 23.7 Å². The number of furan rings is 1. The number of benzene rings is 1. The van der Waals surface area contributed by atoms with Crippen molar-refractivity contribution in [3.05, 3.63) is 60.1 Å². The lowest BCUT2D eigenvalue weighted by Crippen LogP contribution is -2.77. The molecule has 1 aliphatic heterocycles. The molecule has 11 atom stereocenters. The Morgan fingerprint density at radius 3 is 2.25 bits per heavy atom. The Morgan fingerprint density at radius 2 is 1.69 bits per heavy atom. The smallest absolute Gasteiger partial charge is 0.432 e. The molecular formula is C37H43F3O11. The van der Waals surface area contributed by atoms with Crippen molar-refractivity contribution < 1.29 is 65.9 Å². The maximum Gasteiger partial charge on any atom is 0.432 e. The van der Waals surface area contributed by atoms with Crippen LogP contribution in [0.4, 0.5) is 13.2 Å². The molecule has 4 aliphatic rings. The van der Waals surface area contributed by atoms with Crippen LogP contribution in [0.15, 0.2) is 53.3 Å². The molecule has 2 bridgehead atoms. The predicted molar refractivity (Wildman–Crippen MR) is 169 cm³/mol. The standard InChI is InChI=1S/C37H43F3O11/c1-32(2)26(25(42)30(44)47-5)34(4)22-12-14-33(3)23(16-24(41)50-28(33)19-13-15-49-18-19)35(22,46)17-21(27(32)43)29(34)51-31(45)36(48-6,37(38,39)40)20-10-8-7-9-11-20/h7-11,13,15,18,21-23,25-26,28-29,42,46H,12,14,16-17H2,1-6H3/t21-,22+,23+,25-,26-,28-,29?,33+,34+,35+,36?/m0/s1. The number of cyclic esters (lactones) is 1. The van der Waals surface area contributed by atoms with Crippen LogP contribution in [-0.4, -0.2) is 72.1 Å². The average molecular weight is 721 g/mol. The molecular weight excluding hydrogens is 677 g/mol. The zero-order valence-corrected chi connectivity index (χ0v) is 29.2. The van der Waals surface area contributed by atoms with Crippen LogP contribution in [0.25, 0.3) is 0 Å². The minimum absolute atomic E-state index is 0.134. The molecule has 2 aromatic rings. The van der Waals surface area contributed by atoms with Crippen LogP contribution < -0.4 is 0 Å².